The molecular formula is C21H19N3O5S. The molecule has 154 valence electrons. The molecule has 0 saturated carbocycles. The Kier molecular flexibility index (Phi) is 5.04. The Hall–Kier alpha value is -3.59. The molecule has 0 bridgehead atoms. The van der Waals surface area contributed by atoms with Gasteiger partial charge in [0, 0.05) is 28.2 Å². The van der Waals surface area contributed by atoms with Crippen LogP contribution in [0.1, 0.15) is 17.3 Å². The number of aromatic nitrogens is 2. The van der Waals surface area contributed by atoms with Crippen LogP contribution in [0, 0.1) is 0 Å². The normalized spacial score (nSPS) is 11.6. The number of pyridine rings is 1. The molecule has 8 nitrogen and oxygen atoms in total. The lowest BCUT2D eigenvalue weighted by Gasteiger charge is -2.10. The van der Waals surface area contributed by atoms with Gasteiger partial charge in [-0.3, -0.25) is 4.79 Å². The minimum absolute atomic E-state index is 0.205. The Bertz CT molecular complexity index is 1410. The number of fused-ring (bicyclic) bond motifs is 3. The summed E-state index contributed by atoms with van der Waals surface area (Å²) in [6.07, 6.45) is 1.44. The van der Waals surface area contributed by atoms with Crippen LogP contribution in [0.2, 0.25) is 0 Å². The first-order valence-corrected chi connectivity index (χ1v) is 10.9. The average Bonchev–Trinajstić information content (AvgIpc) is 3.20. The lowest BCUT2D eigenvalue weighted by atomic mass is 10.1. The highest BCUT2D eigenvalue weighted by atomic mass is 32.2. The second-order valence-corrected chi connectivity index (χ2v) is 8.63. The lowest BCUT2D eigenvalue weighted by Crippen LogP contribution is -2.15. The number of hydrogen-bond acceptors (Lipinski definition) is 6. The van der Waals surface area contributed by atoms with Gasteiger partial charge in [-0.05, 0) is 37.3 Å². The zero-order valence-electron chi connectivity index (χ0n) is 16.1. The highest BCUT2D eigenvalue weighted by molar-refractivity contribution is 7.91. The molecule has 0 fully saturated rings. The average molecular weight is 425 g/mol. The predicted molar refractivity (Wildman–Crippen MR) is 114 cm³/mol. The SMILES string of the molecule is CCOC(=O)c1c[nH]c2c(=O)[nH]c3ccc(NCS(=O)(=O)c4ccccc4)cc3c12. The molecule has 0 atom stereocenters. The monoisotopic (exact) mass is 425 g/mol. The van der Waals surface area contributed by atoms with Crippen LogP contribution in [0.5, 0.6) is 0 Å². The van der Waals surface area contributed by atoms with Crippen LogP contribution < -0.4 is 10.9 Å². The number of esters is 1. The van der Waals surface area contributed by atoms with Gasteiger partial charge in [0.25, 0.3) is 5.56 Å². The van der Waals surface area contributed by atoms with E-state index in [2.05, 4.69) is 15.3 Å². The lowest BCUT2D eigenvalue weighted by molar-refractivity contribution is 0.0529. The minimum atomic E-state index is -3.53. The van der Waals surface area contributed by atoms with E-state index >= 15 is 0 Å². The molecule has 0 saturated heterocycles. The van der Waals surface area contributed by atoms with Crippen molar-refractivity contribution in [1.29, 1.82) is 0 Å². The van der Waals surface area contributed by atoms with Crippen LogP contribution in [0.15, 0.2) is 64.4 Å². The van der Waals surface area contributed by atoms with Crippen molar-refractivity contribution in [1.82, 2.24) is 9.97 Å². The molecule has 0 aliphatic carbocycles. The molecular weight excluding hydrogens is 406 g/mol. The Labute approximate surface area is 171 Å². The summed E-state index contributed by atoms with van der Waals surface area (Å²) in [5.41, 5.74) is 1.19. The van der Waals surface area contributed by atoms with Gasteiger partial charge in [-0.25, -0.2) is 13.2 Å². The summed E-state index contributed by atoms with van der Waals surface area (Å²) in [4.78, 5) is 30.5. The number of H-pyrrole nitrogens is 2. The van der Waals surface area contributed by atoms with E-state index in [0.29, 0.717) is 22.0 Å². The van der Waals surface area contributed by atoms with Crippen LogP contribution in [0.3, 0.4) is 0 Å². The van der Waals surface area contributed by atoms with Crippen molar-refractivity contribution in [2.45, 2.75) is 11.8 Å². The van der Waals surface area contributed by atoms with Gasteiger partial charge in [-0.1, -0.05) is 18.2 Å². The number of ether oxygens (including phenoxy) is 1. The maximum Gasteiger partial charge on any atom is 0.340 e. The molecule has 2 aromatic carbocycles. The number of carbonyl (C=O) groups excluding carboxylic acids is 1. The zero-order valence-corrected chi connectivity index (χ0v) is 16.9. The van der Waals surface area contributed by atoms with E-state index in [4.69, 9.17) is 4.74 Å². The molecule has 3 N–H and O–H groups in total. The van der Waals surface area contributed by atoms with E-state index < -0.39 is 15.8 Å². The number of benzene rings is 2. The molecule has 0 amide bonds. The number of aromatic amines is 2. The highest BCUT2D eigenvalue weighted by Crippen LogP contribution is 2.28. The molecule has 4 aromatic rings. The van der Waals surface area contributed by atoms with E-state index in [0.717, 1.165) is 0 Å². The van der Waals surface area contributed by atoms with Crippen molar-refractivity contribution in [3.8, 4) is 0 Å². The largest absolute Gasteiger partial charge is 0.462 e. The first-order chi connectivity index (χ1) is 14.4. The van der Waals surface area contributed by atoms with Gasteiger partial charge in [0.05, 0.1) is 17.1 Å². The van der Waals surface area contributed by atoms with Gasteiger partial charge in [-0.15, -0.1) is 0 Å². The zero-order chi connectivity index (χ0) is 21.3. The molecule has 30 heavy (non-hydrogen) atoms. The number of rotatable bonds is 6. The van der Waals surface area contributed by atoms with Crippen LogP contribution >= 0.6 is 0 Å². The number of nitrogens with one attached hydrogen (secondary N) is 3. The van der Waals surface area contributed by atoms with Crippen molar-refractivity contribution in [2.75, 3.05) is 17.8 Å². The van der Waals surface area contributed by atoms with Crippen molar-refractivity contribution < 1.29 is 17.9 Å². The Morgan fingerprint density at radius 1 is 1.13 bits per heavy atom. The summed E-state index contributed by atoms with van der Waals surface area (Å²) in [7, 11) is -3.53. The van der Waals surface area contributed by atoms with Gasteiger partial charge in [-0.2, -0.15) is 0 Å². The fraction of sp³-hybridized carbons (Fsp3) is 0.143. The number of sulfone groups is 1. The van der Waals surface area contributed by atoms with Crippen molar-refractivity contribution in [2.24, 2.45) is 0 Å². The maximum absolute atomic E-state index is 12.5. The Morgan fingerprint density at radius 2 is 1.90 bits per heavy atom. The second-order valence-electron chi connectivity index (χ2n) is 6.64. The Balaban J connectivity index is 1.75. The fourth-order valence-corrected chi connectivity index (χ4v) is 4.39. The van der Waals surface area contributed by atoms with E-state index in [1.807, 2.05) is 0 Å². The van der Waals surface area contributed by atoms with E-state index in [1.54, 1.807) is 43.3 Å². The summed E-state index contributed by atoms with van der Waals surface area (Å²) in [5, 5.41) is 3.94. The van der Waals surface area contributed by atoms with Gasteiger partial charge >= 0.3 is 5.97 Å². The summed E-state index contributed by atoms with van der Waals surface area (Å²) < 4.78 is 30.1. The van der Waals surface area contributed by atoms with Gasteiger partial charge in [0.2, 0.25) is 0 Å². The molecule has 0 aliphatic rings. The first-order valence-electron chi connectivity index (χ1n) is 9.26. The third-order valence-corrected chi connectivity index (χ3v) is 6.22. The molecule has 0 spiro atoms. The number of anilines is 1. The smallest absolute Gasteiger partial charge is 0.340 e. The van der Waals surface area contributed by atoms with E-state index in [1.165, 1.54) is 18.3 Å². The minimum Gasteiger partial charge on any atom is -0.462 e. The quantitative estimate of drug-likeness (QED) is 0.408. The van der Waals surface area contributed by atoms with Crippen molar-refractivity contribution in [3.05, 3.63) is 70.6 Å². The van der Waals surface area contributed by atoms with Crippen LogP contribution in [-0.2, 0) is 14.6 Å². The third-order valence-electron chi connectivity index (χ3n) is 4.71. The molecule has 0 radical (unpaired) electrons. The summed E-state index contributed by atoms with van der Waals surface area (Å²) >= 11 is 0. The summed E-state index contributed by atoms with van der Waals surface area (Å²) in [6, 6.07) is 13.2. The first kappa shape index (κ1) is 19.7. The molecule has 0 unspecified atom stereocenters. The molecule has 4 rings (SSSR count). The van der Waals surface area contributed by atoms with Crippen molar-refractivity contribution >= 4 is 43.3 Å². The van der Waals surface area contributed by atoms with Crippen LogP contribution in [-0.4, -0.2) is 36.8 Å². The summed E-state index contributed by atoms with van der Waals surface area (Å²) in [6.45, 7) is 1.91. The third kappa shape index (κ3) is 3.55. The molecule has 2 heterocycles. The van der Waals surface area contributed by atoms with Crippen molar-refractivity contribution in [3.63, 3.8) is 0 Å². The topological polar surface area (TPSA) is 121 Å². The second kappa shape index (κ2) is 7.68. The highest BCUT2D eigenvalue weighted by Gasteiger charge is 2.19. The van der Waals surface area contributed by atoms with Gasteiger partial charge in [0.1, 0.15) is 11.4 Å². The molecule has 0 aliphatic heterocycles. The van der Waals surface area contributed by atoms with E-state index in [9.17, 15) is 18.0 Å². The fourth-order valence-electron chi connectivity index (χ4n) is 3.30. The van der Waals surface area contributed by atoms with E-state index in [-0.39, 0.29) is 34.0 Å². The Morgan fingerprint density at radius 3 is 2.63 bits per heavy atom. The van der Waals surface area contributed by atoms with Crippen LogP contribution in [0.25, 0.3) is 21.8 Å². The van der Waals surface area contributed by atoms with Gasteiger partial charge < -0.3 is 20.0 Å². The van der Waals surface area contributed by atoms with Gasteiger partial charge in [0.15, 0.2) is 9.84 Å². The maximum atomic E-state index is 12.5. The standard InChI is InChI=1S/C21H19N3O5S/c1-2-29-21(26)16-11-22-19-18(16)15-10-13(8-9-17(15)24-20(19)25)23-12-30(27,28)14-6-4-3-5-7-14/h3-11,22-23H,2,12H2,1H3,(H,24,25). The predicted octanol–water partition coefficient (Wildman–Crippen LogP) is 3.03. The van der Waals surface area contributed by atoms with Crippen LogP contribution in [0.4, 0.5) is 5.69 Å². The number of hydrogen-bond donors (Lipinski definition) is 3. The summed E-state index contributed by atoms with van der Waals surface area (Å²) in [5.74, 6) is -0.840. The molecule has 2 aromatic heterocycles. The molecule has 9 heteroatoms. The number of carbonyl (C=O) groups is 1.